The molecule has 1 amide bonds. The molecule has 2 aromatic heterocycles. The number of amides is 1. The van der Waals surface area contributed by atoms with Crippen LogP contribution in [0.25, 0.3) is 11.0 Å². The summed E-state index contributed by atoms with van der Waals surface area (Å²) < 4.78 is 1.89. The van der Waals surface area contributed by atoms with Gasteiger partial charge in [-0.1, -0.05) is 13.8 Å². The second-order valence-electron chi connectivity index (χ2n) is 5.95. The first-order valence-electron chi connectivity index (χ1n) is 7.81. The van der Waals surface area contributed by atoms with Crippen molar-refractivity contribution in [2.45, 2.75) is 40.2 Å². The van der Waals surface area contributed by atoms with Crippen molar-refractivity contribution in [2.75, 3.05) is 13.1 Å². The van der Waals surface area contributed by atoms with Crippen molar-refractivity contribution in [1.82, 2.24) is 20.1 Å². The van der Waals surface area contributed by atoms with Gasteiger partial charge in [0.05, 0.1) is 23.2 Å². The number of nitrogens with two attached hydrogens (primary N) is 1. The summed E-state index contributed by atoms with van der Waals surface area (Å²) in [5, 5.41) is 8.15. The van der Waals surface area contributed by atoms with Gasteiger partial charge in [0, 0.05) is 12.2 Å². The molecule has 0 aliphatic rings. The highest BCUT2D eigenvalue weighted by molar-refractivity contribution is 6.05. The number of carbonyl (C=O) groups excluding carboxylic acids is 1. The van der Waals surface area contributed by atoms with E-state index in [9.17, 15) is 4.79 Å². The summed E-state index contributed by atoms with van der Waals surface area (Å²) in [4.78, 5) is 17.0. The van der Waals surface area contributed by atoms with Gasteiger partial charge in [0.15, 0.2) is 5.65 Å². The first-order valence-corrected chi connectivity index (χ1v) is 7.81. The van der Waals surface area contributed by atoms with Crippen LogP contribution in [0.3, 0.4) is 0 Å². The lowest BCUT2D eigenvalue weighted by atomic mass is 10.1. The number of halogens is 2. The van der Waals surface area contributed by atoms with E-state index in [1.54, 1.807) is 6.20 Å². The third-order valence-corrected chi connectivity index (χ3v) is 3.96. The van der Waals surface area contributed by atoms with Crippen LogP contribution in [0.5, 0.6) is 0 Å². The molecule has 2 aromatic rings. The van der Waals surface area contributed by atoms with E-state index in [2.05, 4.69) is 29.2 Å². The predicted octanol–water partition coefficient (Wildman–Crippen LogP) is 2.88. The van der Waals surface area contributed by atoms with Crippen LogP contribution in [-0.2, 0) is 0 Å². The number of hydrogen-bond donors (Lipinski definition) is 2. The average molecular weight is 376 g/mol. The van der Waals surface area contributed by atoms with Gasteiger partial charge in [0.25, 0.3) is 5.91 Å². The molecule has 2 rings (SSSR count). The van der Waals surface area contributed by atoms with Gasteiger partial charge in [-0.3, -0.25) is 4.79 Å². The molecule has 6 nitrogen and oxygen atoms in total. The predicted molar refractivity (Wildman–Crippen MR) is 102 cm³/mol. The monoisotopic (exact) mass is 375 g/mol. The maximum Gasteiger partial charge on any atom is 0.252 e. The topological polar surface area (TPSA) is 85.8 Å². The zero-order valence-electron chi connectivity index (χ0n) is 14.6. The van der Waals surface area contributed by atoms with Crippen LogP contribution in [-0.4, -0.2) is 33.8 Å². The second-order valence-corrected chi connectivity index (χ2v) is 5.95. The molecule has 3 N–H and O–H groups in total. The Bertz CT molecular complexity index is 674. The van der Waals surface area contributed by atoms with Gasteiger partial charge in [0.1, 0.15) is 0 Å². The van der Waals surface area contributed by atoms with Crippen LogP contribution in [0.4, 0.5) is 0 Å². The largest absolute Gasteiger partial charge is 0.352 e. The van der Waals surface area contributed by atoms with Gasteiger partial charge in [-0.2, -0.15) is 5.10 Å². The first kappa shape index (κ1) is 22.6. The van der Waals surface area contributed by atoms with E-state index in [0.717, 1.165) is 23.1 Å². The summed E-state index contributed by atoms with van der Waals surface area (Å²) in [6, 6.07) is 2.06. The summed E-state index contributed by atoms with van der Waals surface area (Å²) in [5.41, 5.74) is 7.80. The Hall–Kier alpha value is -1.37. The lowest BCUT2D eigenvalue weighted by molar-refractivity contribution is 0.0950. The standard InChI is InChI=1S/C16H25N5O.2ClH/c1-5-12(4)21-15-14(9-19-21)13(6-11(3)20-15)16(22)18-8-10(2)7-17;;/h6,9-10,12H,5,7-8,17H2,1-4H3,(H,18,22);2*1H. The molecule has 136 valence electrons. The quantitative estimate of drug-likeness (QED) is 0.812. The SMILES string of the molecule is CCC(C)n1ncc2c(C(=O)NCC(C)CN)cc(C)nc21.Cl.Cl. The molecule has 2 heterocycles. The van der Waals surface area contributed by atoms with Gasteiger partial charge in [-0.25, -0.2) is 9.67 Å². The number of nitrogens with zero attached hydrogens (tertiary/aromatic N) is 3. The van der Waals surface area contributed by atoms with Crippen molar-refractivity contribution in [2.24, 2.45) is 11.7 Å². The summed E-state index contributed by atoms with van der Waals surface area (Å²) in [6.45, 7) is 9.23. The normalized spacial score (nSPS) is 12.9. The maximum atomic E-state index is 12.5. The third-order valence-electron chi connectivity index (χ3n) is 3.96. The summed E-state index contributed by atoms with van der Waals surface area (Å²) >= 11 is 0. The number of hydrogen-bond acceptors (Lipinski definition) is 4. The van der Waals surface area contributed by atoms with Crippen LogP contribution < -0.4 is 11.1 Å². The van der Waals surface area contributed by atoms with E-state index in [0.29, 0.717) is 18.7 Å². The molecule has 0 spiro atoms. The third kappa shape index (κ3) is 4.82. The van der Waals surface area contributed by atoms with E-state index < -0.39 is 0 Å². The molecule has 2 unspecified atom stereocenters. The lowest BCUT2D eigenvalue weighted by Gasteiger charge is -2.12. The highest BCUT2D eigenvalue weighted by atomic mass is 35.5. The molecule has 24 heavy (non-hydrogen) atoms. The molecule has 2 atom stereocenters. The molecule has 0 aliphatic heterocycles. The summed E-state index contributed by atoms with van der Waals surface area (Å²) in [6.07, 6.45) is 2.69. The molecular formula is C16H27Cl2N5O. The Balaban J connectivity index is 0.00000264. The Kier molecular flexibility index (Phi) is 9.25. The molecular weight excluding hydrogens is 349 g/mol. The van der Waals surface area contributed by atoms with Crippen LogP contribution >= 0.6 is 24.8 Å². The molecule has 0 aromatic carbocycles. The van der Waals surface area contributed by atoms with Crippen LogP contribution in [0, 0.1) is 12.8 Å². The number of carbonyl (C=O) groups is 1. The Morgan fingerprint density at radius 2 is 2.04 bits per heavy atom. The fourth-order valence-corrected chi connectivity index (χ4v) is 2.27. The van der Waals surface area contributed by atoms with Gasteiger partial charge < -0.3 is 11.1 Å². The van der Waals surface area contributed by atoms with Gasteiger partial charge in [-0.05, 0) is 38.8 Å². The average Bonchev–Trinajstić information content (AvgIpc) is 2.94. The summed E-state index contributed by atoms with van der Waals surface area (Å²) in [5.74, 6) is 0.157. The zero-order valence-corrected chi connectivity index (χ0v) is 16.2. The van der Waals surface area contributed by atoms with E-state index in [1.807, 2.05) is 24.6 Å². The zero-order chi connectivity index (χ0) is 16.3. The van der Waals surface area contributed by atoms with E-state index >= 15 is 0 Å². The minimum atomic E-state index is -0.0977. The van der Waals surface area contributed by atoms with E-state index in [-0.39, 0.29) is 42.7 Å². The lowest BCUT2D eigenvalue weighted by Crippen LogP contribution is -2.31. The van der Waals surface area contributed by atoms with Crippen LogP contribution in [0.2, 0.25) is 0 Å². The smallest absolute Gasteiger partial charge is 0.252 e. The fraction of sp³-hybridized carbons (Fsp3) is 0.562. The van der Waals surface area contributed by atoms with Crippen molar-refractivity contribution < 1.29 is 4.79 Å². The molecule has 0 aliphatic carbocycles. The van der Waals surface area contributed by atoms with Crippen molar-refractivity contribution >= 4 is 41.8 Å². The summed E-state index contributed by atoms with van der Waals surface area (Å²) in [7, 11) is 0. The van der Waals surface area contributed by atoms with Crippen molar-refractivity contribution in [3.8, 4) is 0 Å². The minimum Gasteiger partial charge on any atom is -0.352 e. The number of nitrogens with one attached hydrogen (secondary N) is 1. The fourth-order valence-electron chi connectivity index (χ4n) is 2.27. The number of aryl methyl sites for hydroxylation is 1. The van der Waals surface area contributed by atoms with Crippen LogP contribution in [0.1, 0.15) is 49.3 Å². The molecule has 0 saturated carbocycles. The molecule has 0 saturated heterocycles. The second kappa shape index (κ2) is 9.81. The highest BCUT2D eigenvalue weighted by Gasteiger charge is 2.17. The number of aromatic nitrogens is 3. The Morgan fingerprint density at radius 1 is 1.38 bits per heavy atom. The highest BCUT2D eigenvalue weighted by Crippen LogP contribution is 2.22. The molecule has 0 radical (unpaired) electrons. The van der Waals surface area contributed by atoms with Gasteiger partial charge in [-0.15, -0.1) is 24.8 Å². The Morgan fingerprint density at radius 3 is 2.62 bits per heavy atom. The molecule has 0 fully saturated rings. The Labute approximate surface area is 155 Å². The van der Waals surface area contributed by atoms with Gasteiger partial charge >= 0.3 is 0 Å². The van der Waals surface area contributed by atoms with Crippen molar-refractivity contribution in [3.05, 3.63) is 23.5 Å². The van der Waals surface area contributed by atoms with E-state index in [1.165, 1.54) is 0 Å². The first-order chi connectivity index (χ1) is 10.5. The number of fused-ring (bicyclic) bond motifs is 1. The van der Waals surface area contributed by atoms with Crippen molar-refractivity contribution in [3.63, 3.8) is 0 Å². The van der Waals surface area contributed by atoms with E-state index in [4.69, 9.17) is 5.73 Å². The number of pyridine rings is 1. The van der Waals surface area contributed by atoms with Crippen molar-refractivity contribution in [1.29, 1.82) is 0 Å². The molecule has 0 bridgehead atoms. The molecule has 8 heteroatoms. The van der Waals surface area contributed by atoms with Gasteiger partial charge in [0.2, 0.25) is 0 Å². The minimum absolute atomic E-state index is 0. The number of rotatable bonds is 6. The maximum absolute atomic E-state index is 12.5. The van der Waals surface area contributed by atoms with Crippen LogP contribution in [0.15, 0.2) is 12.3 Å².